The summed E-state index contributed by atoms with van der Waals surface area (Å²) in [4.78, 5) is 10.4. The number of hydrogen-bond donors (Lipinski definition) is 2. The molecule has 0 fully saturated rings. The van der Waals surface area contributed by atoms with Gasteiger partial charge in [0.2, 0.25) is 0 Å². The van der Waals surface area contributed by atoms with Crippen LogP contribution in [0.15, 0.2) is 0 Å². The van der Waals surface area contributed by atoms with Crippen LogP contribution in [0.1, 0.15) is 20.3 Å². The molecule has 2 unspecified atom stereocenters. The Balaban J connectivity index is 3.84. The predicted molar refractivity (Wildman–Crippen MR) is 38.9 cm³/mol. The van der Waals surface area contributed by atoms with Crippen molar-refractivity contribution < 1.29 is 19.7 Å². The zero-order valence-corrected chi connectivity index (χ0v) is 6.78. The fourth-order valence-electron chi connectivity index (χ4n) is 0.714. The van der Waals surface area contributed by atoms with Gasteiger partial charge >= 0.3 is 5.97 Å². The zero-order valence-electron chi connectivity index (χ0n) is 6.78. The predicted octanol–water partition coefficient (Wildman–Crippen LogP) is -0.319. The molecule has 0 aromatic heterocycles. The summed E-state index contributed by atoms with van der Waals surface area (Å²) in [5, 5.41) is 17.8. The highest BCUT2D eigenvalue weighted by Gasteiger charge is 2.18. The molecular weight excluding hydrogens is 148 g/mol. The van der Waals surface area contributed by atoms with E-state index in [9.17, 15) is 4.79 Å². The van der Waals surface area contributed by atoms with E-state index in [0.717, 1.165) is 0 Å². The van der Waals surface area contributed by atoms with Crippen LogP contribution in [0.4, 0.5) is 0 Å². The van der Waals surface area contributed by atoms with Gasteiger partial charge in [0.25, 0.3) is 0 Å². The van der Waals surface area contributed by atoms with Crippen LogP contribution in [0.3, 0.4) is 0 Å². The summed E-state index contributed by atoms with van der Waals surface area (Å²) in [6, 6.07) is 0. The smallest absolute Gasteiger partial charge is 0.303 e. The summed E-state index contributed by atoms with van der Waals surface area (Å²) >= 11 is 0. The Morgan fingerprint density at radius 1 is 1.64 bits per heavy atom. The lowest BCUT2D eigenvalue weighted by molar-refractivity contribution is -0.155. The van der Waals surface area contributed by atoms with Gasteiger partial charge < -0.3 is 14.9 Å². The lowest BCUT2D eigenvalue weighted by atomic mass is 10.2. The highest BCUT2D eigenvalue weighted by Crippen LogP contribution is 2.02. The Morgan fingerprint density at radius 2 is 2.18 bits per heavy atom. The van der Waals surface area contributed by atoms with Crippen LogP contribution in [0.5, 0.6) is 0 Å². The second-order valence-corrected chi connectivity index (χ2v) is 2.31. The minimum absolute atomic E-state index is 0.339. The summed E-state index contributed by atoms with van der Waals surface area (Å²) in [5.74, 6) is -0.489. The van der Waals surface area contributed by atoms with Crippen molar-refractivity contribution in [2.24, 2.45) is 0 Å². The van der Waals surface area contributed by atoms with E-state index in [4.69, 9.17) is 10.2 Å². The molecule has 2 N–H and O–H groups in total. The third-order valence-electron chi connectivity index (χ3n) is 1.34. The maximum atomic E-state index is 10.4. The number of esters is 1. The monoisotopic (exact) mass is 162 g/mol. The minimum atomic E-state index is -0.780. The van der Waals surface area contributed by atoms with Gasteiger partial charge in [-0.25, -0.2) is 0 Å². The number of carbonyl (C=O) groups is 1. The lowest BCUT2D eigenvalue weighted by Gasteiger charge is -2.18. The molecule has 0 aliphatic heterocycles. The Bertz CT molecular complexity index is 124. The third-order valence-corrected chi connectivity index (χ3v) is 1.34. The summed E-state index contributed by atoms with van der Waals surface area (Å²) in [5.41, 5.74) is 0. The maximum absolute atomic E-state index is 10.4. The van der Waals surface area contributed by atoms with Gasteiger partial charge in [-0.1, -0.05) is 6.92 Å². The van der Waals surface area contributed by atoms with Crippen LogP contribution in [0.2, 0.25) is 0 Å². The first-order valence-corrected chi connectivity index (χ1v) is 3.58. The van der Waals surface area contributed by atoms with Crippen molar-refractivity contribution in [3.63, 3.8) is 0 Å². The molecule has 4 nitrogen and oxygen atoms in total. The van der Waals surface area contributed by atoms with Gasteiger partial charge in [-0.2, -0.15) is 0 Å². The van der Waals surface area contributed by atoms with Crippen LogP contribution >= 0.6 is 0 Å². The molecule has 66 valence electrons. The van der Waals surface area contributed by atoms with Crippen LogP contribution in [0, 0.1) is 0 Å². The Labute approximate surface area is 65.8 Å². The SMILES string of the molecule is CCC(O)C(CO)OC(C)=O. The quantitative estimate of drug-likeness (QED) is 0.556. The van der Waals surface area contributed by atoms with Crippen LogP contribution < -0.4 is 0 Å². The lowest BCUT2D eigenvalue weighted by Crippen LogP contribution is -2.33. The van der Waals surface area contributed by atoms with Gasteiger partial charge in [0.05, 0.1) is 12.7 Å². The molecular formula is C7H14O4. The van der Waals surface area contributed by atoms with Gasteiger partial charge in [0.1, 0.15) is 0 Å². The number of aliphatic hydroxyl groups excluding tert-OH is 2. The molecule has 11 heavy (non-hydrogen) atoms. The average molecular weight is 162 g/mol. The van der Waals surface area contributed by atoms with Crippen LogP contribution in [-0.2, 0) is 9.53 Å². The molecule has 0 saturated carbocycles. The second-order valence-electron chi connectivity index (χ2n) is 2.31. The first kappa shape index (κ1) is 10.4. The first-order valence-electron chi connectivity index (χ1n) is 3.58. The highest BCUT2D eigenvalue weighted by molar-refractivity contribution is 5.66. The molecule has 0 radical (unpaired) electrons. The zero-order chi connectivity index (χ0) is 8.85. The Hall–Kier alpha value is -0.610. The summed E-state index contributed by atoms with van der Waals surface area (Å²) < 4.78 is 4.61. The first-order chi connectivity index (χ1) is 5.11. The van der Waals surface area contributed by atoms with Crippen LogP contribution in [-0.4, -0.2) is 35.0 Å². The van der Waals surface area contributed by atoms with Crippen molar-refractivity contribution in [2.75, 3.05) is 6.61 Å². The van der Waals surface area contributed by atoms with E-state index < -0.39 is 18.2 Å². The molecule has 0 saturated heterocycles. The van der Waals surface area contributed by atoms with E-state index in [1.54, 1.807) is 6.92 Å². The number of rotatable bonds is 4. The minimum Gasteiger partial charge on any atom is -0.457 e. The number of carbonyl (C=O) groups excluding carboxylic acids is 1. The topological polar surface area (TPSA) is 66.8 Å². The molecule has 2 atom stereocenters. The summed E-state index contributed by atoms with van der Waals surface area (Å²) in [6.07, 6.45) is -1.10. The summed E-state index contributed by atoms with van der Waals surface area (Å²) in [7, 11) is 0. The van der Waals surface area contributed by atoms with Gasteiger partial charge in [0, 0.05) is 6.92 Å². The second kappa shape index (κ2) is 5.09. The molecule has 0 aromatic rings. The van der Waals surface area contributed by atoms with Crippen molar-refractivity contribution in [3.8, 4) is 0 Å². The van der Waals surface area contributed by atoms with Crippen molar-refractivity contribution in [2.45, 2.75) is 32.5 Å². The van der Waals surface area contributed by atoms with E-state index in [2.05, 4.69) is 4.74 Å². The average Bonchev–Trinajstić information content (AvgIpc) is 1.98. The van der Waals surface area contributed by atoms with Crippen molar-refractivity contribution in [1.29, 1.82) is 0 Å². The van der Waals surface area contributed by atoms with Crippen molar-refractivity contribution in [1.82, 2.24) is 0 Å². The standard InChI is InChI=1S/C7H14O4/c1-3-6(10)7(4-8)11-5(2)9/h6-8,10H,3-4H2,1-2H3. The fourth-order valence-corrected chi connectivity index (χ4v) is 0.714. The van der Waals surface area contributed by atoms with E-state index >= 15 is 0 Å². The van der Waals surface area contributed by atoms with Crippen LogP contribution in [0.25, 0.3) is 0 Å². The molecule has 0 heterocycles. The molecule has 0 amide bonds. The molecule has 0 spiro atoms. The Morgan fingerprint density at radius 3 is 2.45 bits per heavy atom. The van der Waals surface area contributed by atoms with Gasteiger partial charge in [-0.15, -0.1) is 0 Å². The van der Waals surface area contributed by atoms with E-state index in [-0.39, 0.29) is 6.61 Å². The van der Waals surface area contributed by atoms with Crippen molar-refractivity contribution >= 4 is 5.97 Å². The van der Waals surface area contributed by atoms with Gasteiger partial charge in [-0.05, 0) is 6.42 Å². The molecule has 0 aromatic carbocycles. The number of aliphatic hydroxyl groups is 2. The summed E-state index contributed by atoms with van der Waals surface area (Å²) in [6.45, 7) is 2.65. The largest absolute Gasteiger partial charge is 0.457 e. The number of ether oxygens (including phenoxy) is 1. The van der Waals surface area contributed by atoms with Gasteiger partial charge in [-0.3, -0.25) is 4.79 Å². The van der Waals surface area contributed by atoms with E-state index in [1.807, 2.05) is 0 Å². The third kappa shape index (κ3) is 3.95. The van der Waals surface area contributed by atoms with E-state index in [1.165, 1.54) is 6.92 Å². The number of hydrogen-bond acceptors (Lipinski definition) is 4. The molecule has 0 bridgehead atoms. The normalized spacial score (nSPS) is 15.6. The fraction of sp³-hybridized carbons (Fsp3) is 0.857. The Kier molecular flexibility index (Phi) is 4.81. The molecule has 4 heteroatoms. The molecule has 0 aliphatic carbocycles. The van der Waals surface area contributed by atoms with E-state index in [0.29, 0.717) is 6.42 Å². The molecule has 0 rings (SSSR count). The maximum Gasteiger partial charge on any atom is 0.303 e. The highest BCUT2D eigenvalue weighted by atomic mass is 16.6. The van der Waals surface area contributed by atoms with Crippen molar-refractivity contribution in [3.05, 3.63) is 0 Å². The molecule has 0 aliphatic rings. The van der Waals surface area contributed by atoms with Gasteiger partial charge in [0.15, 0.2) is 6.10 Å².